The molecule has 3 N–H and O–H groups in total. The summed E-state index contributed by atoms with van der Waals surface area (Å²) in [6.07, 6.45) is 4.02. The number of hydrogen-bond acceptors (Lipinski definition) is 4. The van der Waals surface area contributed by atoms with E-state index >= 15 is 0 Å². The SMILES string of the molecule is NCC1CN(Cc2c[nH]c3ncccc23)CCO1. The number of aromatic amines is 1. The van der Waals surface area contributed by atoms with E-state index in [1.807, 2.05) is 18.5 Å². The number of ether oxygens (including phenoxy) is 1. The van der Waals surface area contributed by atoms with Gasteiger partial charge in [0.15, 0.2) is 0 Å². The molecule has 1 aliphatic heterocycles. The zero-order chi connectivity index (χ0) is 12.4. The second kappa shape index (κ2) is 5.06. The van der Waals surface area contributed by atoms with Gasteiger partial charge < -0.3 is 15.5 Å². The van der Waals surface area contributed by atoms with E-state index in [1.165, 1.54) is 10.9 Å². The second-order valence-corrected chi connectivity index (χ2v) is 4.68. The molecule has 0 bridgehead atoms. The van der Waals surface area contributed by atoms with Crippen molar-refractivity contribution < 1.29 is 4.74 Å². The Bertz CT molecular complexity index is 524. The summed E-state index contributed by atoms with van der Waals surface area (Å²) in [4.78, 5) is 9.90. The third-order valence-electron chi connectivity index (χ3n) is 3.42. The summed E-state index contributed by atoms with van der Waals surface area (Å²) in [6.45, 7) is 4.15. The lowest BCUT2D eigenvalue weighted by molar-refractivity contribution is -0.0259. The molecule has 1 fully saturated rings. The monoisotopic (exact) mass is 246 g/mol. The Morgan fingerprint density at radius 2 is 2.50 bits per heavy atom. The van der Waals surface area contributed by atoms with Crippen molar-refractivity contribution in [1.29, 1.82) is 0 Å². The smallest absolute Gasteiger partial charge is 0.137 e. The minimum Gasteiger partial charge on any atom is -0.374 e. The average molecular weight is 246 g/mol. The first-order valence-electron chi connectivity index (χ1n) is 6.32. The van der Waals surface area contributed by atoms with Gasteiger partial charge >= 0.3 is 0 Å². The van der Waals surface area contributed by atoms with Gasteiger partial charge in [0.25, 0.3) is 0 Å². The fraction of sp³-hybridized carbons (Fsp3) is 0.462. The van der Waals surface area contributed by atoms with Crippen LogP contribution in [0.3, 0.4) is 0 Å². The number of H-pyrrole nitrogens is 1. The first-order chi connectivity index (χ1) is 8.86. The summed E-state index contributed by atoms with van der Waals surface area (Å²) in [5.41, 5.74) is 7.90. The molecule has 0 aliphatic carbocycles. The number of fused-ring (bicyclic) bond motifs is 1. The van der Waals surface area contributed by atoms with Crippen molar-refractivity contribution in [3.63, 3.8) is 0 Å². The van der Waals surface area contributed by atoms with Gasteiger partial charge in [0.2, 0.25) is 0 Å². The molecule has 5 nitrogen and oxygen atoms in total. The summed E-state index contributed by atoms with van der Waals surface area (Å²) in [5, 5.41) is 1.20. The molecule has 0 spiro atoms. The van der Waals surface area contributed by atoms with Crippen LogP contribution in [0.1, 0.15) is 5.56 Å². The molecule has 18 heavy (non-hydrogen) atoms. The molecule has 0 aromatic carbocycles. The van der Waals surface area contributed by atoms with Crippen molar-refractivity contribution in [2.75, 3.05) is 26.2 Å². The maximum absolute atomic E-state index is 5.66. The van der Waals surface area contributed by atoms with Crippen molar-refractivity contribution >= 4 is 11.0 Å². The number of nitrogens with two attached hydrogens (primary N) is 1. The minimum atomic E-state index is 0.169. The Labute approximate surface area is 106 Å². The number of rotatable bonds is 3. The lowest BCUT2D eigenvalue weighted by atomic mass is 10.2. The number of aromatic nitrogens is 2. The molecule has 3 heterocycles. The Balaban J connectivity index is 1.76. The molecule has 2 aromatic rings. The van der Waals surface area contributed by atoms with Crippen LogP contribution in [0, 0.1) is 0 Å². The summed E-state index contributed by atoms with van der Waals surface area (Å²) in [7, 11) is 0. The van der Waals surface area contributed by atoms with Crippen LogP contribution in [0.5, 0.6) is 0 Å². The van der Waals surface area contributed by atoms with Crippen LogP contribution >= 0.6 is 0 Å². The van der Waals surface area contributed by atoms with Gasteiger partial charge in [0.05, 0.1) is 12.7 Å². The van der Waals surface area contributed by atoms with Crippen LogP contribution in [0.4, 0.5) is 0 Å². The molecule has 1 aliphatic rings. The van der Waals surface area contributed by atoms with Crippen molar-refractivity contribution in [2.24, 2.45) is 5.73 Å². The number of pyridine rings is 1. The standard InChI is InChI=1S/C13H18N4O/c14-6-11-9-17(4-5-18-11)8-10-7-16-13-12(10)2-1-3-15-13/h1-3,7,11H,4-6,8-9,14H2,(H,15,16). The quantitative estimate of drug-likeness (QED) is 0.837. The second-order valence-electron chi connectivity index (χ2n) is 4.68. The fourth-order valence-electron chi connectivity index (χ4n) is 2.45. The summed E-state index contributed by atoms with van der Waals surface area (Å²) < 4.78 is 5.58. The fourth-order valence-corrected chi connectivity index (χ4v) is 2.45. The first-order valence-corrected chi connectivity index (χ1v) is 6.32. The lowest BCUT2D eigenvalue weighted by Gasteiger charge is -2.32. The van der Waals surface area contributed by atoms with Crippen molar-refractivity contribution in [2.45, 2.75) is 12.6 Å². The molecule has 0 amide bonds. The van der Waals surface area contributed by atoms with E-state index in [1.54, 1.807) is 0 Å². The largest absolute Gasteiger partial charge is 0.374 e. The van der Waals surface area contributed by atoms with Crippen LogP contribution in [0.2, 0.25) is 0 Å². The highest BCUT2D eigenvalue weighted by Gasteiger charge is 2.20. The van der Waals surface area contributed by atoms with Crippen LogP contribution in [0.25, 0.3) is 11.0 Å². The molecular formula is C13H18N4O. The van der Waals surface area contributed by atoms with Gasteiger partial charge in [-0.2, -0.15) is 0 Å². The normalized spacial score (nSPS) is 21.5. The zero-order valence-electron chi connectivity index (χ0n) is 10.3. The van der Waals surface area contributed by atoms with E-state index in [9.17, 15) is 0 Å². The van der Waals surface area contributed by atoms with Gasteiger partial charge in [-0.15, -0.1) is 0 Å². The summed E-state index contributed by atoms with van der Waals surface area (Å²) in [5.74, 6) is 0. The number of nitrogens with one attached hydrogen (secondary N) is 1. The van der Waals surface area contributed by atoms with E-state index < -0.39 is 0 Å². The van der Waals surface area contributed by atoms with Gasteiger partial charge in [0.1, 0.15) is 5.65 Å². The van der Waals surface area contributed by atoms with E-state index in [0.29, 0.717) is 6.54 Å². The average Bonchev–Trinajstić information content (AvgIpc) is 2.83. The van der Waals surface area contributed by atoms with Crippen molar-refractivity contribution in [3.05, 3.63) is 30.1 Å². The van der Waals surface area contributed by atoms with Gasteiger partial charge in [-0.05, 0) is 17.7 Å². The summed E-state index contributed by atoms with van der Waals surface area (Å²) >= 11 is 0. The maximum atomic E-state index is 5.66. The van der Waals surface area contributed by atoms with Crippen LogP contribution in [-0.4, -0.2) is 47.2 Å². The van der Waals surface area contributed by atoms with Crippen LogP contribution in [0.15, 0.2) is 24.5 Å². The molecule has 96 valence electrons. The van der Waals surface area contributed by atoms with E-state index in [2.05, 4.69) is 20.9 Å². The van der Waals surface area contributed by atoms with Gasteiger partial charge in [-0.1, -0.05) is 0 Å². The van der Waals surface area contributed by atoms with Crippen LogP contribution in [-0.2, 0) is 11.3 Å². The molecule has 2 aromatic heterocycles. The molecule has 3 rings (SSSR count). The predicted molar refractivity (Wildman–Crippen MR) is 70.2 cm³/mol. The van der Waals surface area contributed by atoms with Crippen molar-refractivity contribution in [3.8, 4) is 0 Å². The predicted octanol–water partition coefficient (Wildman–Crippen LogP) is 0.722. The lowest BCUT2D eigenvalue weighted by Crippen LogP contribution is -2.45. The molecule has 1 atom stereocenters. The Kier molecular flexibility index (Phi) is 3.27. The van der Waals surface area contributed by atoms with E-state index in [4.69, 9.17) is 10.5 Å². The molecule has 0 saturated carbocycles. The highest BCUT2D eigenvalue weighted by molar-refractivity contribution is 5.79. The number of morpholine rings is 1. The molecular weight excluding hydrogens is 228 g/mol. The van der Waals surface area contributed by atoms with Gasteiger partial charge in [0, 0.05) is 44.0 Å². The zero-order valence-corrected chi connectivity index (χ0v) is 10.3. The third-order valence-corrected chi connectivity index (χ3v) is 3.42. The Morgan fingerprint density at radius 3 is 3.39 bits per heavy atom. The van der Waals surface area contributed by atoms with Gasteiger partial charge in [-0.3, -0.25) is 4.90 Å². The van der Waals surface area contributed by atoms with Crippen molar-refractivity contribution in [1.82, 2.24) is 14.9 Å². The maximum Gasteiger partial charge on any atom is 0.137 e. The molecule has 5 heteroatoms. The topological polar surface area (TPSA) is 67.2 Å². The molecule has 1 saturated heterocycles. The third kappa shape index (κ3) is 2.25. The number of nitrogens with zero attached hydrogens (tertiary/aromatic N) is 2. The summed E-state index contributed by atoms with van der Waals surface area (Å²) in [6, 6.07) is 4.08. The van der Waals surface area contributed by atoms with Gasteiger partial charge in [-0.25, -0.2) is 4.98 Å². The first kappa shape index (κ1) is 11.6. The van der Waals surface area contributed by atoms with Crippen LogP contribution < -0.4 is 5.73 Å². The molecule has 1 unspecified atom stereocenters. The number of hydrogen-bond donors (Lipinski definition) is 2. The minimum absolute atomic E-state index is 0.169. The van der Waals surface area contributed by atoms with E-state index in [0.717, 1.165) is 31.9 Å². The highest BCUT2D eigenvalue weighted by Crippen LogP contribution is 2.18. The Hall–Kier alpha value is -1.43. The molecule has 0 radical (unpaired) electrons. The van der Waals surface area contributed by atoms with E-state index in [-0.39, 0.29) is 6.10 Å². The highest BCUT2D eigenvalue weighted by atomic mass is 16.5. The Morgan fingerprint density at radius 1 is 1.56 bits per heavy atom.